The van der Waals surface area contributed by atoms with Crippen LogP contribution in [-0.4, -0.2) is 27.3 Å². The van der Waals surface area contributed by atoms with Crippen molar-refractivity contribution in [3.8, 4) is 0 Å². The quantitative estimate of drug-likeness (QED) is 0.794. The number of carbonyl (C=O) groups is 1. The monoisotopic (exact) mass is 206 g/mol. The van der Waals surface area contributed by atoms with E-state index in [0.29, 0.717) is 12.1 Å². The van der Waals surface area contributed by atoms with E-state index in [1.807, 2.05) is 0 Å². The third-order valence-electron chi connectivity index (χ3n) is 2.53. The number of amides is 1. The fourth-order valence-corrected chi connectivity index (χ4v) is 1.68. The molecule has 0 saturated carbocycles. The predicted molar refractivity (Wildman–Crippen MR) is 56.1 cm³/mol. The Balaban J connectivity index is 2.18. The van der Waals surface area contributed by atoms with Gasteiger partial charge in [-0.15, -0.1) is 0 Å². The summed E-state index contributed by atoms with van der Waals surface area (Å²) >= 11 is 0. The molecule has 0 saturated heterocycles. The van der Waals surface area contributed by atoms with E-state index in [2.05, 4.69) is 16.9 Å². The molecule has 1 aromatic heterocycles. The largest absolute Gasteiger partial charge is 0.368 e. The lowest BCUT2D eigenvalue weighted by atomic mass is 10.3. The minimum absolute atomic E-state index is 0.0263. The Morgan fingerprint density at radius 3 is 3.13 bits per heavy atom. The van der Waals surface area contributed by atoms with Crippen molar-refractivity contribution in [1.29, 1.82) is 0 Å². The highest BCUT2D eigenvalue weighted by atomic mass is 16.2. The van der Waals surface area contributed by atoms with Crippen LogP contribution in [0.3, 0.4) is 0 Å². The van der Waals surface area contributed by atoms with Crippen LogP contribution < -0.4 is 5.73 Å². The summed E-state index contributed by atoms with van der Waals surface area (Å²) in [5.41, 5.74) is 6.82. The van der Waals surface area contributed by atoms with Gasteiger partial charge in [0.1, 0.15) is 0 Å². The van der Waals surface area contributed by atoms with E-state index in [9.17, 15) is 4.79 Å². The fourth-order valence-electron chi connectivity index (χ4n) is 1.68. The SMILES string of the molecule is CCCCN1Cc2nc(N)ncc2C1=O. The molecule has 5 heteroatoms. The van der Waals surface area contributed by atoms with Crippen LogP contribution in [0.25, 0.3) is 0 Å². The van der Waals surface area contributed by atoms with Crippen molar-refractivity contribution >= 4 is 11.9 Å². The molecular weight excluding hydrogens is 192 g/mol. The Morgan fingerprint density at radius 1 is 1.60 bits per heavy atom. The number of nitrogens with two attached hydrogens (primary N) is 1. The van der Waals surface area contributed by atoms with E-state index in [1.54, 1.807) is 4.90 Å². The van der Waals surface area contributed by atoms with Crippen molar-refractivity contribution in [3.05, 3.63) is 17.5 Å². The van der Waals surface area contributed by atoms with Crippen molar-refractivity contribution < 1.29 is 4.79 Å². The molecular formula is C10H14N4O. The van der Waals surface area contributed by atoms with Gasteiger partial charge in [-0.05, 0) is 6.42 Å². The molecule has 0 aliphatic carbocycles. The lowest BCUT2D eigenvalue weighted by Gasteiger charge is -2.13. The van der Waals surface area contributed by atoms with E-state index in [0.717, 1.165) is 25.1 Å². The van der Waals surface area contributed by atoms with E-state index in [4.69, 9.17) is 5.73 Å². The maximum absolute atomic E-state index is 11.8. The van der Waals surface area contributed by atoms with Crippen LogP contribution in [-0.2, 0) is 6.54 Å². The molecule has 5 nitrogen and oxygen atoms in total. The average molecular weight is 206 g/mol. The Labute approximate surface area is 88.3 Å². The molecule has 0 spiro atoms. The van der Waals surface area contributed by atoms with Gasteiger partial charge in [-0.3, -0.25) is 4.79 Å². The van der Waals surface area contributed by atoms with Crippen molar-refractivity contribution in [2.24, 2.45) is 0 Å². The van der Waals surface area contributed by atoms with Crippen LogP contribution in [0.4, 0.5) is 5.95 Å². The summed E-state index contributed by atoms with van der Waals surface area (Å²) in [5, 5.41) is 0. The number of aromatic nitrogens is 2. The van der Waals surface area contributed by atoms with E-state index in [1.165, 1.54) is 6.20 Å². The number of rotatable bonds is 3. The number of unbranched alkanes of at least 4 members (excludes halogenated alkanes) is 1. The highest BCUT2D eigenvalue weighted by molar-refractivity contribution is 5.97. The lowest BCUT2D eigenvalue weighted by molar-refractivity contribution is 0.0776. The van der Waals surface area contributed by atoms with Crippen molar-refractivity contribution in [2.45, 2.75) is 26.3 Å². The Hall–Kier alpha value is -1.65. The Morgan fingerprint density at radius 2 is 2.40 bits per heavy atom. The molecule has 0 radical (unpaired) electrons. The molecule has 1 aliphatic rings. The summed E-state index contributed by atoms with van der Waals surface area (Å²) in [6.45, 7) is 3.46. The van der Waals surface area contributed by atoms with Gasteiger partial charge in [0.05, 0.1) is 17.8 Å². The van der Waals surface area contributed by atoms with Crippen LogP contribution in [0.5, 0.6) is 0 Å². The number of fused-ring (bicyclic) bond motifs is 1. The Bertz CT molecular complexity index is 391. The zero-order chi connectivity index (χ0) is 10.8. The topological polar surface area (TPSA) is 72.1 Å². The molecule has 1 aromatic rings. The van der Waals surface area contributed by atoms with E-state index >= 15 is 0 Å². The molecule has 2 rings (SSSR count). The van der Waals surface area contributed by atoms with Crippen LogP contribution in [0.1, 0.15) is 35.8 Å². The maximum Gasteiger partial charge on any atom is 0.257 e. The van der Waals surface area contributed by atoms with Gasteiger partial charge in [0.25, 0.3) is 5.91 Å². The molecule has 0 aromatic carbocycles. The van der Waals surface area contributed by atoms with Gasteiger partial charge in [0.15, 0.2) is 0 Å². The van der Waals surface area contributed by atoms with Gasteiger partial charge < -0.3 is 10.6 Å². The maximum atomic E-state index is 11.8. The number of carbonyl (C=O) groups excluding carboxylic acids is 1. The van der Waals surface area contributed by atoms with Gasteiger partial charge in [0.2, 0.25) is 5.95 Å². The molecule has 0 bridgehead atoms. The summed E-state index contributed by atoms with van der Waals surface area (Å²) in [7, 11) is 0. The molecule has 2 heterocycles. The van der Waals surface area contributed by atoms with E-state index in [-0.39, 0.29) is 11.9 Å². The first kappa shape index (κ1) is 9.89. The summed E-state index contributed by atoms with van der Waals surface area (Å²) in [6.07, 6.45) is 3.61. The molecule has 0 atom stereocenters. The summed E-state index contributed by atoms with van der Waals surface area (Å²) < 4.78 is 0. The zero-order valence-corrected chi connectivity index (χ0v) is 8.73. The van der Waals surface area contributed by atoms with Gasteiger partial charge in [-0.1, -0.05) is 13.3 Å². The molecule has 80 valence electrons. The van der Waals surface area contributed by atoms with E-state index < -0.39 is 0 Å². The second kappa shape index (κ2) is 3.84. The first-order valence-corrected chi connectivity index (χ1v) is 5.13. The van der Waals surface area contributed by atoms with Crippen molar-refractivity contribution in [3.63, 3.8) is 0 Å². The second-order valence-corrected chi connectivity index (χ2v) is 3.67. The zero-order valence-electron chi connectivity index (χ0n) is 8.73. The smallest absolute Gasteiger partial charge is 0.257 e. The normalized spacial score (nSPS) is 14.5. The van der Waals surface area contributed by atoms with Crippen molar-refractivity contribution in [2.75, 3.05) is 12.3 Å². The van der Waals surface area contributed by atoms with Crippen LogP contribution in [0.2, 0.25) is 0 Å². The third kappa shape index (κ3) is 1.77. The standard InChI is InChI=1S/C10H14N4O/c1-2-3-4-14-6-8-7(9(14)15)5-12-10(11)13-8/h5H,2-4,6H2,1H3,(H2,11,12,13). The number of hydrogen-bond donors (Lipinski definition) is 1. The highest BCUT2D eigenvalue weighted by Crippen LogP contribution is 2.20. The molecule has 0 unspecified atom stereocenters. The minimum atomic E-state index is 0.0263. The summed E-state index contributed by atoms with van der Waals surface area (Å²) in [4.78, 5) is 21.5. The first-order valence-electron chi connectivity index (χ1n) is 5.13. The van der Waals surface area contributed by atoms with Crippen LogP contribution >= 0.6 is 0 Å². The van der Waals surface area contributed by atoms with Gasteiger partial charge in [0, 0.05) is 12.7 Å². The molecule has 1 amide bonds. The molecule has 15 heavy (non-hydrogen) atoms. The Kier molecular flexibility index (Phi) is 2.53. The summed E-state index contributed by atoms with van der Waals surface area (Å²) in [5.74, 6) is 0.261. The minimum Gasteiger partial charge on any atom is -0.368 e. The average Bonchev–Trinajstić information content (AvgIpc) is 2.52. The highest BCUT2D eigenvalue weighted by Gasteiger charge is 2.28. The van der Waals surface area contributed by atoms with Crippen molar-refractivity contribution in [1.82, 2.24) is 14.9 Å². The molecule has 2 N–H and O–H groups in total. The van der Waals surface area contributed by atoms with Gasteiger partial charge in [-0.25, -0.2) is 9.97 Å². The van der Waals surface area contributed by atoms with Gasteiger partial charge in [-0.2, -0.15) is 0 Å². The van der Waals surface area contributed by atoms with Crippen LogP contribution in [0, 0.1) is 0 Å². The molecule has 1 aliphatic heterocycles. The molecule has 0 fully saturated rings. The number of nitrogen functional groups attached to an aromatic ring is 1. The number of anilines is 1. The first-order chi connectivity index (χ1) is 7.22. The number of hydrogen-bond acceptors (Lipinski definition) is 4. The van der Waals surface area contributed by atoms with Gasteiger partial charge >= 0.3 is 0 Å². The fraction of sp³-hybridized carbons (Fsp3) is 0.500. The third-order valence-corrected chi connectivity index (χ3v) is 2.53. The summed E-state index contributed by atoms with van der Waals surface area (Å²) in [6, 6.07) is 0. The van der Waals surface area contributed by atoms with Crippen LogP contribution in [0.15, 0.2) is 6.20 Å². The second-order valence-electron chi connectivity index (χ2n) is 3.67. The number of nitrogens with zero attached hydrogens (tertiary/aromatic N) is 3. The lowest BCUT2D eigenvalue weighted by Crippen LogP contribution is -2.24. The predicted octanol–water partition coefficient (Wildman–Crippen LogP) is 0.815.